The van der Waals surface area contributed by atoms with Crippen LogP contribution in [0.3, 0.4) is 0 Å². The molecule has 1 aliphatic rings. The predicted molar refractivity (Wildman–Crippen MR) is 120 cm³/mol. The van der Waals surface area contributed by atoms with Crippen molar-refractivity contribution >= 4 is 33.4 Å². The lowest BCUT2D eigenvalue weighted by Crippen LogP contribution is -2.50. The second-order valence-electron chi connectivity index (χ2n) is 7.57. The number of nitro benzene ring substituents is 1. The van der Waals surface area contributed by atoms with Crippen LogP contribution < -0.4 is 0 Å². The molecular weight excluding hydrogens is 438 g/mol. The molecule has 1 saturated heterocycles. The Morgan fingerprint density at radius 1 is 1.03 bits per heavy atom. The van der Waals surface area contributed by atoms with Gasteiger partial charge in [-0.1, -0.05) is 17.7 Å². The number of aryl methyl sites for hydroxylation is 3. The van der Waals surface area contributed by atoms with Crippen molar-refractivity contribution in [3.8, 4) is 0 Å². The summed E-state index contributed by atoms with van der Waals surface area (Å²) in [5, 5.41) is 11.3. The van der Waals surface area contributed by atoms with Gasteiger partial charge >= 0.3 is 0 Å². The molecule has 2 aromatic rings. The van der Waals surface area contributed by atoms with Crippen molar-refractivity contribution in [2.24, 2.45) is 0 Å². The molecule has 1 fully saturated rings. The summed E-state index contributed by atoms with van der Waals surface area (Å²) < 4.78 is 27.8. The molecule has 0 bridgehead atoms. The molecule has 0 unspecified atom stereocenters. The fourth-order valence-electron chi connectivity index (χ4n) is 3.98. The number of thioether (sulfide) groups is 1. The Hall–Kier alpha value is -2.43. The van der Waals surface area contributed by atoms with Gasteiger partial charge in [0.2, 0.25) is 10.0 Å². The van der Waals surface area contributed by atoms with Crippen molar-refractivity contribution < 1.29 is 18.1 Å². The van der Waals surface area contributed by atoms with E-state index in [1.807, 2.05) is 19.1 Å². The number of carbonyl (C=O) groups is 1. The van der Waals surface area contributed by atoms with Crippen LogP contribution in [0.25, 0.3) is 0 Å². The minimum atomic E-state index is -3.68. The summed E-state index contributed by atoms with van der Waals surface area (Å²) in [5.74, 6) is -0.338. The zero-order chi connectivity index (χ0) is 22.9. The molecule has 0 N–H and O–H groups in total. The van der Waals surface area contributed by atoms with E-state index in [0.29, 0.717) is 20.9 Å². The number of nitrogens with zero attached hydrogens (tertiary/aromatic N) is 3. The number of rotatable bonds is 5. The third-order valence-electron chi connectivity index (χ3n) is 5.35. The summed E-state index contributed by atoms with van der Waals surface area (Å²) in [7, 11) is -3.68. The fourth-order valence-corrected chi connectivity index (χ4v) is 6.36. The summed E-state index contributed by atoms with van der Waals surface area (Å²) >= 11 is 1.24. The Morgan fingerprint density at radius 3 is 2.13 bits per heavy atom. The van der Waals surface area contributed by atoms with Crippen molar-refractivity contribution in [2.45, 2.75) is 30.6 Å². The quantitative estimate of drug-likeness (QED) is 0.383. The third-order valence-corrected chi connectivity index (χ3v) is 8.34. The van der Waals surface area contributed by atoms with Gasteiger partial charge in [0, 0.05) is 37.8 Å². The van der Waals surface area contributed by atoms with E-state index in [0.717, 1.165) is 5.56 Å². The molecule has 0 radical (unpaired) electrons. The van der Waals surface area contributed by atoms with E-state index >= 15 is 0 Å². The van der Waals surface area contributed by atoms with Gasteiger partial charge in [0.05, 0.1) is 14.7 Å². The maximum atomic E-state index is 13.2. The van der Waals surface area contributed by atoms with Gasteiger partial charge in [0.25, 0.3) is 11.6 Å². The first-order valence-corrected chi connectivity index (χ1v) is 12.4. The largest absolute Gasteiger partial charge is 0.336 e. The van der Waals surface area contributed by atoms with Crippen LogP contribution in [0.2, 0.25) is 0 Å². The van der Waals surface area contributed by atoms with Gasteiger partial charge in [-0.2, -0.15) is 4.31 Å². The highest BCUT2D eigenvalue weighted by atomic mass is 32.2. The Bertz CT molecular complexity index is 1120. The minimum Gasteiger partial charge on any atom is -0.336 e. The summed E-state index contributed by atoms with van der Waals surface area (Å²) in [6.07, 6.45) is 1.74. The number of sulfonamides is 1. The van der Waals surface area contributed by atoms with Crippen molar-refractivity contribution in [3.05, 3.63) is 62.7 Å². The number of amides is 1. The van der Waals surface area contributed by atoms with Gasteiger partial charge < -0.3 is 4.90 Å². The van der Waals surface area contributed by atoms with E-state index < -0.39 is 14.9 Å². The van der Waals surface area contributed by atoms with Gasteiger partial charge in [0.1, 0.15) is 0 Å². The topological polar surface area (TPSA) is 101 Å². The van der Waals surface area contributed by atoms with Crippen LogP contribution in [-0.2, 0) is 10.0 Å². The van der Waals surface area contributed by atoms with Crippen LogP contribution in [0.4, 0.5) is 5.69 Å². The van der Waals surface area contributed by atoms with E-state index in [-0.39, 0.29) is 43.3 Å². The first-order valence-electron chi connectivity index (χ1n) is 9.76. The molecule has 166 valence electrons. The van der Waals surface area contributed by atoms with Crippen LogP contribution in [0, 0.1) is 30.9 Å². The monoisotopic (exact) mass is 463 g/mol. The Balaban J connectivity index is 1.77. The molecule has 3 rings (SSSR count). The zero-order valence-corrected chi connectivity index (χ0v) is 19.5. The highest BCUT2D eigenvalue weighted by Crippen LogP contribution is 2.29. The van der Waals surface area contributed by atoms with E-state index in [4.69, 9.17) is 0 Å². The third kappa shape index (κ3) is 4.60. The first-order chi connectivity index (χ1) is 14.6. The fraction of sp³-hybridized carbons (Fsp3) is 0.381. The average Bonchev–Trinajstić information content (AvgIpc) is 2.71. The highest BCUT2D eigenvalue weighted by Gasteiger charge is 2.32. The van der Waals surface area contributed by atoms with Crippen LogP contribution in [-0.4, -0.2) is 60.9 Å². The Kier molecular flexibility index (Phi) is 6.73. The maximum Gasteiger partial charge on any atom is 0.283 e. The normalized spacial score (nSPS) is 15.2. The van der Waals surface area contributed by atoms with Crippen molar-refractivity contribution in [1.82, 2.24) is 9.21 Å². The smallest absolute Gasteiger partial charge is 0.283 e. The molecule has 1 aliphatic heterocycles. The van der Waals surface area contributed by atoms with Gasteiger partial charge in [-0.15, -0.1) is 11.8 Å². The summed E-state index contributed by atoms with van der Waals surface area (Å²) in [6, 6.07) is 8.13. The average molecular weight is 464 g/mol. The summed E-state index contributed by atoms with van der Waals surface area (Å²) in [6.45, 7) is 6.30. The number of hydrogen-bond acceptors (Lipinski definition) is 6. The number of carbonyl (C=O) groups excluding carboxylic acids is 1. The number of piperazine rings is 1. The van der Waals surface area contributed by atoms with E-state index in [9.17, 15) is 23.3 Å². The van der Waals surface area contributed by atoms with E-state index in [2.05, 4.69) is 0 Å². The molecule has 0 aliphatic carbocycles. The van der Waals surface area contributed by atoms with Gasteiger partial charge in [-0.25, -0.2) is 8.42 Å². The molecule has 0 atom stereocenters. The van der Waals surface area contributed by atoms with Crippen LogP contribution >= 0.6 is 11.8 Å². The summed E-state index contributed by atoms with van der Waals surface area (Å²) in [4.78, 5) is 26.0. The predicted octanol–water partition coefficient (Wildman–Crippen LogP) is 3.39. The molecule has 31 heavy (non-hydrogen) atoms. The maximum absolute atomic E-state index is 13.2. The molecule has 10 heteroatoms. The van der Waals surface area contributed by atoms with Crippen molar-refractivity contribution in [2.75, 3.05) is 32.4 Å². The van der Waals surface area contributed by atoms with E-state index in [1.165, 1.54) is 22.1 Å². The Morgan fingerprint density at radius 2 is 1.61 bits per heavy atom. The molecular formula is C21H25N3O5S2. The second-order valence-corrected chi connectivity index (χ2v) is 10.3. The molecule has 2 aromatic carbocycles. The van der Waals surface area contributed by atoms with Gasteiger partial charge in [-0.05, 0) is 50.3 Å². The van der Waals surface area contributed by atoms with E-state index in [1.54, 1.807) is 37.1 Å². The molecule has 1 amide bonds. The van der Waals surface area contributed by atoms with Crippen LogP contribution in [0.15, 0.2) is 40.1 Å². The number of hydrogen-bond donors (Lipinski definition) is 0. The second kappa shape index (κ2) is 8.97. The Labute approximate surface area is 186 Å². The highest BCUT2D eigenvalue weighted by molar-refractivity contribution is 7.98. The van der Waals surface area contributed by atoms with Crippen molar-refractivity contribution in [1.29, 1.82) is 0 Å². The number of nitro groups is 1. The minimum absolute atomic E-state index is 0.107. The molecule has 8 nitrogen and oxygen atoms in total. The first kappa shape index (κ1) is 23.2. The van der Waals surface area contributed by atoms with Crippen molar-refractivity contribution in [3.63, 3.8) is 0 Å². The lowest BCUT2D eigenvalue weighted by Gasteiger charge is -2.34. The lowest BCUT2D eigenvalue weighted by atomic mass is 10.1. The molecule has 1 heterocycles. The lowest BCUT2D eigenvalue weighted by molar-refractivity contribution is -0.387. The zero-order valence-electron chi connectivity index (χ0n) is 17.9. The molecule has 0 aromatic heterocycles. The van der Waals surface area contributed by atoms with Crippen LogP contribution in [0.1, 0.15) is 27.0 Å². The number of benzene rings is 2. The summed E-state index contributed by atoms with van der Waals surface area (Å²) in [5.41, 5.74) is 2.54. The van der Waals surface area contributed by atoms with Gasteiger partial charge in [0.15, 0.2) is 0 Å². The SMILES string of the molecule is CSc1ccc(C(=O)N2CCN(S(=O)(=O)c3c(C)cc(C)cc3C)CC2)cc1[N+](=O)[O-]. The van der Waals surface area contributed by atoms with Crippen LogP contribution in [0.5, 0.6) is 0 Å². The molecule has 0 spiro atoms. The standard InChI is InChI=1S/C21H25N3O5S2/c1-14-11-15(2)20(16(3)12-14)31(28,29)23-9-7-22(8-10-23)21(25)17-5-6-19(30-4)18(13-17)24(26)27/h5-6,11-13H,7-10H2,1-4H3. The molecule has 0 saturated carbocycles. The van der Waals surface area contributed by atoms with Gasteiger partial charge in [-0.3, -0.25) is 14.9 Å².